The zero-order valence-electron chi connectivity index (χ0n) is 7.18. The van der Waals surface area contributed by atoms with Crippen LogP contribution in [-0.2, 0) is 4.74 Å². The standard InChI is InChI=1S/C10H16O/c1-4-7-9-11-10(6-3)8-5-2/h5-6,8H,2-4,7,9H2,1H3/b10-8+. The number of unbranched alkanes of at least 4 members (excludes halogenated alkanes) is 1. The summed E-state index contributed by atoms with van der Waals surface area (Å²) >= 11 is 0. The van der Waals surface area contributed by atoms with E-state index in [4.69, 9.17) is 4.74 Å². The van der Waals surface area contributed by atoms with Crippen molar-refractivity contribution in [3.8, 4) is 0 Å². The van der Waals surface area contributed by atoms with Crippen molar-refractivity contribution < 1.29 is 4.74 Å². The molecule has 0 saturated carbocycles. The largest absolute Gasteiger partial charge is 0.494 e. The number of hydrogen-bond acceptors (Lipinski definition) is 1. The van der Waals surface area contributed by atoms with Crippen molar-refractivity contribution in [1.82, 2.24) is 0 Å². The Morgan fingerprint density at radius 2 is 2.18 bits per heavy atom. The molecule has 0 heterocycles. The van der Waals surface area contributed by atoms with Gasteiger partial charge < -0.3 is 4.74 Å². The Morgan fingerprint density at radius 1 is 1.45 bits per heavy atom. The van der Waals surface area contributed by atoms with E-state index in [0.29, 0.717) is 0 Å². The normalized spacial score (nSPS) is 10.8. The highest BCUT2D eigenvalue weighted by Gasteiger charge is 1.88. The summed E-state index contributed by atoms with van der Waals surface area (Å²) in [5, 5.41) is 0. The fraction of sp³-hybridized carbons (Fsp3) is 0.400. The minimum atomic E-state index is 0.766. The zero-order chi connectivity index (χ0) is 8.53. The molecule has 0 fully saturated rings. The van der Waals surface area contributed by atoms with E-state index in [-0.39, 0.29) is 0 Å². The Kier molecular flexibility index (Phi) is 6.50. The van der Waals surface area contributed by atoms with Gasteiger partial charge in [0, 0.05) is 0 Å². The number of rotatable bonds is 6. The first-order valence-electron chi connectivity index (χ1n) is 3.93. The molecule has 11 heavy (non-hydrogen) atoms. The van der Waals surface area contributed by atoms with Crippen LogP contribution in [0, 0.1) is 0 Å². The van der Waals surface area contributed by atoms with Crippen LogP contribution in [0.4, 0.5) is 0 Å². The SMILES string of the molecule is C=C/C=C(\C=C)OCCCC. The summed E-state index contributed by atoms with van der Waals surface area (Å²) in [5.41, 5.74) is 0. The number of ether oxygens (including phenoxy) is 1. The van der Waals surface area contributed by atoms with E-state index in [0.717, 1.165) is 25.2 Å². The molecule has 0 rings (SSSR count). The fourth-order valence-corrected chi connectivity index (χ4v) is 0.626. The summed E-state index contributed by atoms with van der Waals surface area (Å²) in [5.74, 6) is 0.799. The minimum Gasteiger partial charge on any atom is -0.494 e. The maximum atomic E-state index is 5.34. The van der Waals surface area contributed by atoms with E-state index in [1.807, 2.05) is 6.08 Å². The average Bonchev–Trinajstić information content (AvgIpc) is 2.03. The van der Waals surface area contributed by atoms with Gasteiger partial charge in [0.05, 0.1) is 6.61 Å². The summed E-state index contributed by atoms with van der Waals surface area (Å²) in [4.78, 5) is 0. The van der Waals surface area contributed by atoms with Gasteiger partial charge >= 0.3 is 0 Å². The van der Waals surface area contributed by atoms with E-state index in [1.54, 1.807) is 12.2 Å². The van der Waals surface area contributed by atoms with Crippen molar-refractivity contribution in [2.45, 2.75) is 19.8 Å². The van der Waals surface area contributed by atoms with Gasteiger partial charge in [0.15, 0.2) is 0 Å². The van der Waals surface area contributed by atoms with Crippen LogP contribution in [0.2, 0.25) is 0 Å². The van der Waals surface area contributed by atoms with Crippen LogP contribution in [0.1, 0.15) is 19.8 Å². The van der Waals surface area contributed by atoms with Gasteiger partial charge in [0.1, 0.15) is 5.76 Å². The van der Waals surface area contributed by atoms with Crippen LogP contribution in [0.25, 0.3) is 0 Å². The molecule has 0 unspecified atom stereocenters. The molecule has 1 nitrogen and oxygen atoms in total. The minimum absolute atomic E-state index is 0.766. The molecular formula is C10H16O. The summed E-state index contributed by atoms with van der Waals surface area (Å²) < 4.78 is 5.34. The first-order chi connectivity index (χ1) is 5.35. The second-order valence-corrected chi connectivity index (χ2v) is 2.21. The van der Waals surface area contributed by atoms with Crippen molar-refractivity contribution >= 4 is 0 Å². The second kappa shape index (κ2) is 7.13. The van der Waals surface area contributed by atoms with E-state index < -0.39 is 0 Å². The van der Waals surface area contributed by atoms with Crippen LogP contribution < -0.4 is 0 Å². The van der Waals surface area contributed by atoms with E-state index in [1.165, 1.54) is 0 Å². The smallest absolute Gasteiger partial charge is 0.118 e. The fourth-order valence-electron chi connectivity index (χ4n) is 0.626. The Labute approximate surface area is 69.1 Å². The third kappa shape index (κ3) is 5.46. The van der Waals surface area contributed by atoms with Crippen molar-refractivity contribution in [2.24, 2.45) is 0 Å². The molecule has 0 aliphatic heterocycles. The molecule has 0 aromatic rings. The number of allylic oxidation sites excluding steroid dienone is 3. The lowest BCUT2D eigenvalue weighted by molar-refractivity contribution is 0.219. The summed E-state index contributed by atoms with van der Waals surface area (Å²) in [6.07, 6.45) is 7.43. The monoisotopic (exact) mass is 152 g/mol. The van der Waals surface area contributed by atoms with Crippen LogP contribution in [0.3, 0.4) is 0 Å². The predicted molar refractivity (Wildman–Crippen MR) is 49.3 cm³/mol. The Hall–Kier alpha value is -0.980. The molecular weight excluding hydrogens is 136 g/mol. The van der Waals surface area contributed by atoms with Gasteiger partial charge in [-0.2, -0.15) is 0 Å². The molecule has 0 aromatic carbocycles. The summed E-state index contributed by atoms with van der Waals surface area (Å²) in [6, 6.07) is 0. The second-order valence-electron chi connectivity index (χ2n) is 2.21. The van der Waals surface area contributed by atoms with E-state index >= 15 is 0 Å². The average molecular weight is 152 g/mol. The molecule has 0 bridgehead atoms. The molecule has 0 aliphatic rings. The zero-order valence-corrected chi connectivity index (χ0v) is 7.18. The van der Waals surface area contributed by atoms with E-state index in [2.05, 4.69) is 20.1 Å². The lowest BCUT2D eigenvalue weighted by Gasteiger charge is -2.03. The molecule has 0 aliphatic carbocycles. The van der Waals surface area contributed by atoms with Gasteiger partial charge in [-0.05, 0) is 18.6 Å². The maximum Gasteiger partial charge on any atom is 0.118 e. The summed E-state index contributed by atoms with van der Waals surface area (Å²) in [6.45, 7) is 10.1. The van der Waals surface area contributed by atoms with Gasteiger partial charge in [-0.3, -0.25) is 0 Å². The van der Waals surface area contributed by atoms with Gasteiger partial charge in [-0.25, -0.2) is 0 Å². The van der Waals surface area contributed by atoms with Gasteiger partial charge in [0.2, 0.25) is 0 Å². The van der Waals surface area contributed by atoms with Gasteiger partial charge in [-0.15, -0.1) is 0 Å². The molecule has 0 atom stereocenters. The lowest BCUT2D eigenvalue weighted by atomic mass is 10.3. The highest BCUT2D eigenvalue weighted by Crippen LogP contribution is 2.00. The number of hydrogen-bond donors (Lipinski definition) is 0. The molecule has 0 spiro atoms. The first-order valence-corrected chi connectivity index (χ1v) is 3.93. The highest BCUT2D eigenvalue weighted by molar-refractivity contribution is 5.14. The molecule has 0 amide bonds. The van der Waals surface area contributed by atoms with Crippen molar-refractivity contribution in [3.63, 3.8) is 0 Å². The van der Waals surface area contributed by atoms with Crippen LogP contribution >= 0.6 is 0 Å². The predicted octanol–water partition coefficient (Wildman–Crippen LogP) is 3.06. The third-order valence-electron chi connectivity index (χ3n) is 1.25. The Morgan fingerprint density at radius 3 is 2.64 bits per heavy atom. The summed E-state index contributed by atoms with van der Waals surface area (Å²) in [7, 11) is 0. The molecule has 62 valence electrons. The van der Waals surface area contributed by atoms with Crippen LogP contribution in [0.15, 0.2) is 37.1 Å². The van der Waals surface area contributed by atoms with Crippen LogP contribution in [-0.4, -0.2) is 6.61 Å². The lowest BCUT2D eigenvalue weighted by Crippen LogP contribution is -1.91. The molecule has 0 saturated heterocycles. The molecule has 0 radical (unpaired) electrons. The maximum absolute atomic E-state index is 5.34. The molecule has 0 aromatic heterocycles. The van der Waals surface area contributed by atoms with Gasteiger partial charge in [0.25, 0.3) is 0 Å². The third-order valence-corrected chi connectivity index (χ3v) is 1.25. The van der Waals surface area contributed by atoms with Crippen LogP contribution in [0.5, 0.6) is 0 Å². The quantitative estimate of drug-likeness (QED) is 0.323. The molecule has 0 N–H and O–H groups in total. The van der Waals surface area contributed by atoms with Gasteiger partial charge in [-0.1, -0.05) is 32.6 Å². The Bertz CT molecular complexity index is 145. The van der Waals surface area contributed by atoms with Crippen molar-refractivity contribution in [1.29, 1.82) is 0 Å². The van der Waals surface area contributed by atoms with E-state index in [9.17, 15) is 0 Å². The molecule has 1 heteroatoms. The highest BCUT2D eigenvalue weighted by atomic mass is 16.5. The topological polar surface area (TPSA) is 9.23 Å². The Balaban J connectivity index is 3.60. The van der Waals surface area contributed by atoms with Crippen molar-refractivity contribution in [2.75, 3.05) is 6.61 Å². The first kappa shape index (κ1) is 10.0. The van der Waals surface area contributed by atoms with Crippen molar-refractivity contribution in [3.05, 3.63) is 37.1 Å².